The number of halogens is 1. The molecule has 0 saturated heterocycles. The first-order valence-electron chi connectivity index (χ1n) is 5.83. The number of aliphatic imine (C=N–C) groups is 1. The van der Waals surface area contributed by atoms with E-state index in [0.717, 1.165) is 33.3 Å². The number of rotatable bonds is 2. The second-order valence-electron chi connectivity index (χ2n) is 4.80. The monoisotopic (exact) mass is 328 g/mol. The number of nitrogens with one attached hydrogen (secondary N) is 1. The minimum absolute atomic E-state index is 0.0390. The quantitative estimate of drug-likeness (QED) is 0.885. The highest BCUT2D eigenvalue weighted by atomic mass is 79.9. The van der Waals surface area contributed by atoms with Gasteiger partial charge in [-0.15, -0.1) is 0 Å². The lowest BCUT2D eigenvalue weighted by molar-refractivity contribution is 0.412. The SMILES string of the molecule is COc1ccc(NC2=NC(C)(C)CCS2)cc1Br. The highest BCUT2D eigenvalue weighted by molar-refractivity contribution is 9.10. The van der Waals surface area contributed by atoms with Crippen LogP contribution in [0.4, 0.5) is 5.69 Å². The number of hydrogen-bond donors (Lipinski definition) is 1. The number of anilines is 1. The molecule has 1 aromatic rings. The van der Waals surface area contributed by atoms with E-state index in [-0.39, 0.29) is 5.54 Å². The number of methoxy groups -OCH3 is 1. The van der Waals surface area contributed by atoms with E-state index in [1.165, 1.54) is 0 Å². The van der Waals surface area contributed by atoms with E-state index in [9.17, 15) is 0 Å². The minimum Gasteiger partial charge on any atom is -0.496 e. The normalized spacial score (nSPS) is 18.1. The predicted octanol–water partition coefficient (Wildman–Crippen LogP) is 4.14. The van der Waals surface area contributed by atoms with Gasteiger partial charge in [0, 0.05) is 11.4 Å². The summed E-state index contributed by atoms with van der Waals surface area (Å²) in [5, 5.41) is 4.35. The number of thioether (sulfide) groups is 1. The Kier molecular flexibility index (Phi) is 4.22. The summed E-state index contributed by atoms with van der Waals surface area (Å²) >= 11 is 5.25. The Hall–Kier alpha value is -0.680. The van der Waals surface area contributed by atoms with Crippen LogP contribution in [0.3, 0.4) is 0 Å². The number of ether oxygens (including phenoxy) is 1. The Morgan fingerprint density at radius 2 is 2.22 bits per heavy atom. The van der Waals surface area contributed by atoms with Crippen LogP contribution in [0.1, 0.15) is 20.3 Å². The van der Waals surface area contributed by atoms with E-state index in [4.69, 9.17) is 9.73 Å². The summed E-state index contributed by atoms with van der Waals surface area (Å²) < 4.78 is 6.15. The van der Waals surface area contributed by atoms with Crippen LogP contribution in [0.2, 0.25) is 0 Å². The topological polar surface area (TPSA) is 33.6 Å². The molecule has 1 aromatic carbocycles. The lowest BCUT2D eigenvalue weighted by Gasteiger charge is -2.26. The molecule has 0 radical (unpaired) electrons. The van der Waals surface area contributed by atoms with E-state index in [1.807, 2.05) is 18.2 Å². The highest BCUT2D eigenvalue weighted by Gasteiger charge is 2.22. The molecule has 1 N–H and O–H groups in total. The average molecular weight is 329 g/mol. The maximum Gasteiger partial charge on any atom is 0.161 e. The van der Waals surface area contributed by atoms with Crippen molar-refractivity contribution in [3.63, 3.8) is 0 Å². The molecule has 0 bridgehead atoms. The summed E-state index contributed by atoms with van der Waals surface area (Å²) in [4.78, 5) is 4.70. The lowest BCUT2D eigenvalue weighted by Crippen LogP contribution is -2.27. The van der Waals surface area contributed by atoms with Crippen LogP contribution >= 0.6 is 27.7 Å². The van der Waals surface area contributed by atoms with Gasteiger partial charge >= 0.3 is 0 Å². The van der Waals surface area contributed by atoms with Crippen molar-refractivity contribution >= 4 is 38.5 Å². The van der Waals surface area contributed by atoms with Gasteiger partial charge in [-0.3, -0.25) is 4.99 Å². The molecule has 98 valence electrons. The summed E-state index contributed by atoms with van der Waals surface area (Å²) in [6, 6.07) is 5.93. The molecule has 1 heterocycles. The molecule has 0 atom stereocenters. The first-order valence-corrected chi connectivity index (χ1v) is 7.61. The minimum atomic E-state index is 0.0390. The predicted molar refractivity (Wildman–Crippen MR) is 82.9 cm³/mol. The van der Waals surface area contributed by atoms with E-state index < -0.39 is 0 Å². The molecule has 1 aliphatic heterocycles. The Bertz CT molecular complexity index is 474. The third-order valence-electron chi connectivity index (χ3n) is 2.76. The lowest BCUT2D eigenvalue weighted by atomic mass is 10.0. The Labute approximate surface area is 121 Å². The van der Waals surface area contributed by atoms with Gasteiger partial charge in [-0.2, -0.15) is 0 Å². The summed E-state index contributed by atoms with van der Waals surface area (Å²) in [6.45, 7) is 4.33. The molecule has 0 fully saturated rings. The zero-order valence-corrected chi connectivity index (χ0v) is 13.2. The molecule has 18 heavy (non-hydrogen) atoms. The molecule has 0 unspecified atom stereocenters. The van der Waals surface area contributed by atoms with Crippen molar-refractivity contribution in [3.05, 3.63) is 22.7 Å². The fraction of sp³-hybridized carbons (Fsp3) is 0.462. The smallest absolute Gasteiger partial charge is 0.161 e. The molecule has 0 amide bonds. The van der Waals surface area contributed by atoms with Crippen LogP contribution in [0.25, 0.3) is 0 Å². The first-order chi connectivity index (χ1) is 8.50. The fourth-order valence-electron chi connectivity index (χ4n) is 1.69. The van der Waals surface area contributed by atoms with Gasteiger partial charge in [0.05, 0.1) is 17.1 Å². The van der Waals surface area contributed by atoms with Gasteiger partial charge in [0.25, 0.3) is 0 Å². The van der Waals surface area contributed by atoms with Crippen LogP contribution in [0.15, 0.2) is 27.7 Å². The van der Waals surface area contributed by atoms with Crippen LogP contribution in [0.5, 0.6) is 5.75 Å². The molecule has 5 heteroatoms. The van der Waals surface area contributed by atoms with E-state index >= 15 is 0 Å². The molecular weight excluding hydrogens is 312 g/mol. The number of benzene rings is 1. The summed E-state index contributed by atoms with van der Waals surface area (Å²) in [5.41, 5.74) is 1.06. The zero-order valence-electron chi connectivity index (χ0n) is 10.8. The van der Waals surface area contributed by atoms with Gasteiger partial charge < -0.3 is 10.1 Å². The van der Waals surface area contributed by atoms with Gasteiger partial charge in [-0.25, -0.2) is 0 Å². The number of nitrogens with zero attached hydrogens (tertiary/aromatic N) is 1. The van der Waals surface area contributed by atoms with Crippen molar-refractivity contribution < 1.29 is 4.74 Å². The maximum absolute atomic E-state index is 5.21. The van der Waals surface area contributed by atoms with Crippen molar-refractivity contribution in [2.45, 2.75) is 25.8 Å². The number of hydrogen-bond acceptors (Lipinski definition) is 4. The Morgan fingerprint density at radius 1 is 1.44 bits per heavy atom. The molecule has 1 aliphatic rings. The maximum atomic E-state index is 5.21. The van der Waals surface area contributed by atoms with Gasteiger partial charge in [-0.1, -0.05) is 11.8 Å². The molecule has 2 rings (SSSR count). The summed E-state index contributed by atoms with van der Waals surface area (Å²) in [6.07, 6.45) is 1.12. The van der Waals surface area contributed by atoms with Gasteiger partial charge in [-0.05, 0) is 54.4 Å². The van der Waals surface area contributed by atoms with Crippen molar-refractivity contribution in [2.24, 2.45) is 4.99 Å². The van der Waals surface area contributed by atoms with Crippen molar-refractivity contribution in [3.8, 4) is 5.75 Å². The molecule has 0 saturated carbocycles. The molecule has 0 aromatic heterocycles. The summed E-state index contributed by atoms with van der Waals surface area (Å²) in [5.74, 6) is 1.94. The van der Waals surface area contributed by atoms with Gasteiger partial charge in [0.2, 0.25) is 0 Å². The molecular formula is C13H17BrN2OS. The van der Waals surface area contributed by atoms with Gasteiger partial charge in [0.1, 0.15) is 5.75 Å². The van der Waals surface area contributed by atoms with Crippen molar-refractivity contribution in [1.29, 1.82) is 0 Å². The van der Waals surface area contributed by atoms with Crippen molar-refractivity contribution in [1.82, 2.24) is 0 Å². The standard InChI is InChI=1S/C13H17BrN2OS/c1-13(2)6-7-18-12(16-13)15-9-4-5-11(17-3)10(14)8-9/h4-5,8H,6-7H2,1-3H3,(H,15,16). The molecule has 0 aliphatic carbocycles. The highest BCUT2D eigenvalue weighted by Crippen LogP contribution is 2.30. The second kappa shape index (κ2) is 5.53. The second-order valence-corrected chi connectivity index (χ2v) is 6.74. The fourth-order valence-corrected chi connectivity index (χ4v) is 3.53. The molecule has 0 spiro atoms. The summed E-state index contributed by atoms with van der Waals surface area (Å²) in [7, 11) is 1.66. The average Bonchev–Trinajstić information content (AvgIpc) is 2.28. The Morgan fingerprint density at radius 3 is 2.83 bits per heavy atom. The van der Waals surface area contributed by atoms with Crippen LogP contribution in [-0.2, 0) is 0 Å². The largest absolute Gasteiger partial charge is 0.496 e. The van der Waals surface area contributed by atoms with E-state index in [1.54, 1.807) is 18.9 Å². The third-order valence-corrected chi connectivity index (χ3v) is 4.25. The van der Waals surface area contributed by atoms with Gasteiger partial charge in [0.15, 0.2) is 5.17 Å². The van der Waals surface area contributed by atoms with Crippen LogP contribution in [0, 0.1) is 0 Å². The van der Waals surface area contributed by atoms with E-state index in [0.29, 0.717) is 0 Å². The Balaban J connectivity index is 2.14. The third kappa shape index (κ3) is 3.42. The number of amidine groups is 1. The zero-order chi connectivity index (χ0) is 13.2. The van der Waals surface area contributed by atoms with Crippen LogP contribution < -0.4 is 10.1 Å². The van der Waals surface area contributed by atoms with Crippen molar-refractivity contribution in [2.75, 3.05) is 18.2 Å². The van der Waals surface area contributed by atoms with Crippen LogP contribution in [-0.4, -0.2) is 23.6 Å². The van der Waals surface area contributed by atoms with E-state index in [2.05, 4.69) is 35.1 Å². The first kappa shape index (κ1) is 13.7. The molecule has 3 nitrogen and oxygen atoms in total.